The summed E-state index contributed by atoms with van der Waals surface area (Å²) in [6.45, 7) is 3.89. The van der Waals surface area contributed by atoms with Gasteiger partial charge in [0.05, 0.1) is 12.8 Å². The maximum atomic E-state index is 11.5. The van der Waals surface area contributed by atoms with Crippen LogP contribution >= 0.6 is 0 Å². The summed E-state index contributed by atoms with van der Waals surface area (Å²) in [4.78, 5) is 11.5. The van der Waals surface area contributed by atoms with Crippen molar-refractivity contribution < 1.29 is 14.6 Å². The Bertz CT molecular complexity index is 484. The van der Waals surface area contributed by atoms with Crippen molar-refractivity contribution in [2.45, 2.75) is 39.5 Å². The number of unbranched alkanes of at least 4 members (excludes halogenated alkanes) is 2. The van der Waals surface area contributed by atoms with Crippen molar-refractivity contribution in [1.82, 2.24) is 5.43 Å². The third-order valence-electron chi connectivity index (χ3n) is 2.95. The van der Waals surface area contributed by atoms with Gasteiger partial charge in [-0.1, -0.05) is 19.8 Å². The van der Waals surface area contributed by atoms with Gasteiger partial charge in [0, 0.05) is 12.0 Å². The van der Waals surface area contributed by atoms with E-state index in [4.69, 9.17) is 4.74 Å². The van der Waals surface area contributed by atoms with Crippen LogP contribution in [0.2, 0.25) is 0 Å². The highest BCUT2D eigenvalue weighted by Crippen LogP contribution is 2.26. The minimum atomic E-state index is -0.0801. The number of phenols is 1. The highest BCUT2D eigenvalue weighted by Gasteiger charge is 2.05. The summed E-state index contributed by atoms with van der Waals surface area (Å²) < 4.78 is 5.03. The van der Waals surface area contributed by atoms with Crippen LogP contribution in [0.1, 0.15) is 45.1 Å². The van der Waals surface area contributed by atoms with Crippen molar-refractivity contribution in [3.63, 3.8) is 0 Å². The van der Waals surface area contributed by atoms with Gasteiger partial charge in [-0.25, -0.2) is 5.43 Å². The molecule has 2 N–H and O–H groups in total. The molecule has 1 aromatic carbocycles. The zero-order valence-corrected chi connectivity index (χ0v) is 12.3. The van der Waals surface area contributed by atoms with E-state index >= 15 is 0 Å². The fourth-order valence-corrected chi connectivity index (χ4v) is 1.70. The van der Waals surface area contributed by atoms with Gasteiger partial charge in [0.15, 0.2) is 11.5 Å². The van der Waals surface area contributed by atoms with Crippen LogP contribution in [0.4, 0.5) is 0 Å². The van der Waals surface area contributed by atoms with Crippen LogP contribution in [0.15, 0.2) is 23.3 Å². The number of methoxy groups -OCH3 is 1. The number of carbonyl (C=O) groups excluding carboxylic acids is 1. The van der Waals surface area contributed by atoms with Crippen LogP contribution in [-0.2, 0) is 4.79 Å². The van der Waals surface area contributed by atoms with Gasteiger partial charge in [-0.3, -0.25) is 4.79 Å². The number of rotatable bonds is 7. The molecule has 0 atom stereocenters. The molecule has 1 rings (SSSR count). The van der Waals surface area contributed by atoms with E-state index in [-0.39, 0.29) is 11.7 Å². The molecule has 0 bridgehead atoms. The number of benzene rings is 1. The van der Waals surface area contributed by atoms with Crippen molar-refractivity contribution in [2.24, 2.45) is 5.10 Å². The summed E-state index contributed by atoms with van der Waals surface area (Å²) in [7, 11) is 1.49. The Labute approximate surface area is 119 Å². The lowest BCUT2D eigenvalue weighted by molar-refractivity contribution is -0.121. The van der Waals surface area contributed by atoms with Crippen LogP contribution in [-0.4, -0.2) is 23.8 Å². The number of aromatic hydroxyl groups is 1. The SMILES string of the molecule is CCCCCC(=O)N/N=C(\C)c1ccc(O)c(OC)c1. The van der Waals surface area contributed by atoms with Gasteiger partial charge < -0.3 is 9.84 Å². The van der Waals surface area contributed by atoms with Crippen LogP contribution in [0, 0.1) is 0 Å². The lowest BCUT2D eigenvalue weighted by Gasteiger charge is -2.07. The number of ether oxygens (including phenoxy) is 1. The smallest absolute Gasteiger partial charge is 0.240 e. The molecule has 0 aliphatic rings. The molecule has 1 aromatic rings. The summed E-state index contributed by atoms with van der Waals surface area (Å²) in [6, 6.07) is 4.94. The normalized spacial score (nSPS) is 11.2. The molecule has 0 aliphatic heterocycles. The number of nitrogens with zero attached hydrogens (tertiary/aromatic N) is 1. The van der Waals surface area contributed by atoms with E-state index in [0.29, 0.717) is 17.9 Å². The Morgan fingerprint density at radius 3 is 2.80 bits per heavy atom. The quantitative estimate of drug-likeness (QED) is 0.457. The second kappa shape index (κ2) is 8.19. The first-order valence-electron chi connectivity index (χ1n) is 6.79. The van der Waals surface area contributed by atoms with Crippen LogP contribution in [0.25, 0.3) is 0 Å². The second-order valence-electron chi connectivity index (χ2n) is 4.58. The molecule has 0 aliphatic carbocycles. The molecule has 5 nitrogen and oxygen atoms in total. The van der Waals surface area contributed by atoms with Gasteiger partial charge in [0.25, 0.3) is 0 Å². The van der Waals surface area contributed by atoms with Crippen molar-refractivity contribution in [1.29, 1.82) is 0 Å². The molecule has 110 valence electrons. The standard InChI is InChI=1S/C15H22N2O3/c1-4-5-6-7-15(19)17-16-11(2)12-8-9-13(18)14(10-12)20-3/h8-10,18H,4-7H2,1-3H3,(H,17,19)/b16-11+. The molecule has 0 radical (unpaired) electrons. The molecule has 20 heavy (non-hydrogen) atoms. The number of phenolic OH excluding ortho intramolecular Hbond substituents is 1. The molecule has 0 aromatic heterocycles. The lowest BCUT2D eigenvalue weighted by atomic mass is 10.1. The number of carbonyl (C=O) groups is 1. The monoisotopic (exact) mass is 278 g/mol. The van der Waals surface area contributed by atoms with Gasteiger partial charge in [0.1, 0.15) is 0 Å². The van der Waals surface area contributed by atoms with E-state index in [2.05, 4.69) is 17.5 Å². The van der Waals surface area contributed by atoms with E-state index in [0.717, 1.165) is 24.8 Å². The van der Waals surface area contributed by atoms with E-state index in [1.807, 2.05) is 0 Å². The first kappa shape index (κ1) is 16.0. The van der Waals surface area contributed by atoms with Crippen LogP contribution in [0.5, 0.6) is 11.5 Å². The highest BCUT2D eigenvalue weighted by molar-refractivity contribution is 5.99. The molecule has 1 amide bonds. The van der Waals surface area contributed by atoms with Gasteiger partial charge >= 0.3 is 0 Å². The van der Waals surface area contributed by atoms with Gasteiger partial charge in [0.2, 0.25) is 5.91 Å². The summed E-state index contributed by atoms with van der Waals surface area (Å²) in [5, 5.41) is 13.6. The third kappa shape index (κ3) is 4.91. The Morgan fingerprint density at radius 1 is 1.40 bits per heavy atom. The Morgan fingerprint density at radius 2 is 2.15 bits per heavy atom. The minimum absolute atomic E-state index is 0.0765. The zero-order chi connectivity index (χ0) is 15.0. The maximum Gasteiger partial charge on any atom is 0.240 e. The first-order valence-corrected chi connectivity index (χ1v) is 6.79. The van der Waals surface area contributed by atoms with Crippen molar-refractivity contribution in [2.75, 3.05) is 7.11 Å². The Kier molecular flexibility index (Phi) is 6.56. The van der Waals surface area contributed by atoms with Crippen LogP contribution in [0.3, 0.4) is 0 Å². The number of hydrogen-bond acceptors (Lipinski definition) is 4. The molecule has 0 saturated carbocycles. The molecular weight excluding hydrogens is 256 g/mol. The van der Waals surface area contributed by atoms with Gasteiger partial charge in [-0.2, -0.15) is 5.10 Å². The average molecular weight is 278 g/mol. The Balaban J connectivity index is 2.62. The molecule has 0 spiro atoms. The van der Waals surface area contributed by atoms with Crippen molar-refractivity contribution >= 4 is 11.6 Å². The maximum absolute atomic E-state index is 11.5. The van der Waals surface area contributed by atoms with Gasteiger partial charge in [-0.15, -0.1) is 0 Å². The summed E-state index contributed by atoms with van der Waals surface area (Å²) in [5.41, 5.74) is 3.98. The predicted octanol–water partition coefficient (Wildman–Crippen LogP) is 2.82. The molecule has 0 saturated heterocycles. The minimum Gasteiger partial charge on any atom is -0.504 e. The summed E-state index contributed by atoms with van der Waals surface area (Å²) in [5.74, 6) is 0.377. The van der Waals surface area contributed by atoms with Gasteiger partial charge in [-0.05, 0) is 31.5 Å². The molecule has 0 heterocycles. The topological polar surface area (TPSA) is 70.9 Å². The van der Waals surface area contributed by atoms with E-state index < -0.39 is 0 Å². The average Bonchev–Trinajstić information content (AvgIpc) is 2.45. The highest BCUT2D eigenvalue weighted by atomic mass is 16.5. The Hall–Kier alpha value is -2.04. The lowest BCUT2D eigenvalue weighted by Crippen LogP contribution is -2.18. The third-order valence-corrected chi connectivity index (χ3v) is 2.95. The number of nitrogens with one attached hydrogen (secondary N) is 1. The molecule has 5 heteroatoms. The van der Waals surface area contributed by atoms with Crippen molar-refractivity contribution in [3.05, 3.63) is 23.8 Å². The fraction of sp³-hybridized carbons (Fsp3) is 0.467. The number of hydrogen-bond donors (Lipinski definition) is 2. The van der Waals surface area contributed by atoms with E-state index in [9.17, 15) is 9.90 Å². The fourth-order valence-electron chi connectivity index (χ4n) is 1.70. The molecule has 0 fully saturated rings. The number of amides is 1. The summed E-state index contributed by atoms with van der Waals surface area (Å²) in [6.07, 6.45) is 3.50. The van der Waals surface area contributed by atoms with E-state index in [1.54, 1.807) is 19.1 Å². The molecular formula is C15H22N2O3. The van der Waals surface area contributed by atoms with Crippen LogP contribution < -0.4 is 10.2 Å². The zero-order valence-electron chi connectivity index (χ0n) is 12.3. The second-order valence-corrected chi connectivity index (χ2v) is 4.58. The molecule has 0 unspecified atom stereocenters. The first-order chi connectivity index (χ1) is 9.58. The van der Waals surface area contributed by atoms with E-state index in [1.165, 1.54) is 13.2 Å². The summed E-state index contributed by atoms with van der Waals surface area (Å²) >= 11 is 0. The number of hydrazone groups is 1. The van der Waals surface area contributed by atoms with Crippen molar-refractivity contribution in [3.8, 4) is 11.5 Å². The predicted molar refractivity (Wildman–Crippen MR) is 79.2 cm³/mol. The largest absolute Gasteiger partial charge is 0.504 e.